The molecule has 2 aromatic carbocycles. The first kappa shape index (κ1) is 17.7. The van der Waals surface area contributed by atoms with Crippen molar-refractivity contribution in [3.8, 4) is 0 Å². The number of aryl methyl sites for hydroxylation is 1. The largest absolute Gasteiger partial charge is 0.322 e. The van der Waals surface area contributed by atoms with Crippen LogP contribution in [0.3, 0.4) is 0 Å². The average molecular weight is 355 g/mol. The molecule has 1 atom stereocenters. The fourth-order valence-electron chi connectivity index (χ4n) is 2.14. The van der Waals surface area contributed by atoms with Gasteiger partial charge in [-0.25, -0.2) is 4.39 Å². The molecule has 2 rings (SSSR count). The number of carbonyl (C=O) groups excluding carboxylic acids is 1. The molecule has 1 amide bonds. The second-order valence-electron chi connectivity index (χ2n) is 5.23. The molecule has 0 aromatic heterocycles. The number of rotatable bonds is 5. The lowest BCUT2D eigenvalue weighted by molar-refractivity contribution is -0.115. The predicted molar refractivity (Wildman–Crippen MR) is 92.6 cm³/mol. The molecule has 2 N–H and O–H groups in total. The minimum Gasteiger partial charge on any atom is -0.322 e. The molecule has 0 saturated heterocycles. The van der Waals surface area contributed by atoms with Crippen LogP contribution in [-0.2, 0) is 4.79 Å². The molecule has 0 spiro atoms. The number of anilines is 1. The Bertz CT molecular complexity index is 722. The fraction of sp³-hybridized carbons (Fsp3) is 0.235. The number of benzene rings is 2. The zero-order valence-electron chi connectivity index (χ0n) is 12.8. The smallest absolute Gasteiger partial charge is 0.238 e. The Balaban J connectivity index is 1.99. The molecule has 0 bridgehead atoms. The Kier molecular flexibility index (Phi) is 5.99. The van der Waals surface area contributed by atoms with Gasteiger partial charge in [-0.1, -0.05) is 47.5 Å². The van der Waals surface area contributed by atoms with Crippen LogP contribution in [0.25, 0.3) is 0 Å². The van der Waals surface area contributed by atoms with E-state index >= 15 is 0 Å². The SMILES string of the molecule is Cc1ccc(Cl)c(NC(=O)CNC(C)c2ccccc2F)c1Cl. The summed E-state index contributed by atoms with van der Waals surface area (Å²) in [6, 6.07) is 9.60. The molecule has 3 nitrogen and oxygen atoms in total. The average Bonchev–Trinajstić information content (AvgIpc) is 2.53. The summed E-state index contributed by atoms with van der Waals surface area (Å²) in [4.78, 5) is 12.1. The summed E-state index contributed by atoms with van der Waals surface area (Å²) in [5.74, 6) is -0.611. The van der Waals surface area contributed by atoms with Gasteiger partial charge in [0, 0.05) is 11.6 Å². The second kappa shape index (κ2) is 7.77. The lowest BCUT2D eigenvalue weighted by atomic mass is 10.1. The van der Waals surface area contributed by atoms with Crippen LogP contribution in [0.4, 0.5) is 10.1 Å². The molecule has 0 aliphatic heterocycles. The Morgan fingerprint density at radius 1 is 1.22 bits per heavy atom. The summed E-state index contributed by atoms with van der Waals surface area (Å²) in [6.45, 7) is 3.63. The van der Waals surface area contributed by atoms with E-state index < -0.39 is 0 Å². The van der Waals surface area contributed by atoms with E-state index in [1.807, 2.05) is 6.92 Å². The highest BCUT2D eigenvalue weighted by molar-refractivity contribution is 6.40. The Morgan fingerprint density at radius 3 is 2.61 bits per heavy atom. The van der Waals surface area contributed by atoms with E-state index in [9.17, 15) is 9.18 Å². The summed E-state index contributed by atoms with van der Waals surface area (Å²) in [6.07, 6.45) is 0. The van der Waals surface area contributed by atoms with Gasteiger partial charge in [0.15, 0.2) is 0 Å². The first-order chi connectivity index (χ1) is 10.9. The minimum atomic E-state index is -0.308. The summed E-state index contributed by atoms with van der Waals surface area (Å²) < 4.78 is 13.7. The topological polar surface area (TPSA) is 41.1 Å². The summed E-state index contributed by atoms with van der Waals surface area (Å²) >= 11 is 12.2. The van der Waals surface area contributed by atoms with Crippen molar-refractivity contribution < 1.29 is 9.18 Å². The number of amides is 1. The van der Waals surface area contributed by atoms with Gasteiger partial charge in [-0.05, 0) is 31.5 Å². The van der Waals surface area contributed by atoms with Gasteiger partial charge in [-0.3, -0.25) is 4.79 Å². The zero-order chi connectivity index (χ0) is 17.0. The molecule has 0 radical (unpaired) electrons. The molecule has 0 heterocycles. The molecule has 0 aliphatic rings. The van der Waals surface area contributed by atoms with E-state index in [1.165, 1.54) is 6.07 Å². The van der Waals surface area contributed by atoms with Crippen molar-refractivity contribution in [1.82, 2.24) is 5.32 Å². The highest BCUT2D eigenvalue weighted by Gasteiger charge is 2.14. The van der Waals surface area contributed by atoms with E-state index in [-0.39, 0.29) is 24.3 Å². The van der Waals surface area contributed by atoms with E-state index in [2.05, 4.69) is 10.6 Å². The van der Waals surface area contributed by atoms with Crippen LogP contribution in [0.1, 0.15) is 24.1 Å². The van der Waals surface area contributed by atoms with Gasteiger partial charge < -0.3 is 10.6 Å². The van der Waals surface area contributed by atoms with E-state index in [0.717, 1.165) is 5.56 Å². The number of halogens is 3. The molecule has 1 unspecified atom stereocenters. The van der Waals surface area contributed by atoms with Crippen LogP contribution in [-0.4, -0.2) is 12.5 Å². The second-order valence-corrected chi connectivity index (χ2v) is 6.01. The molecule has 2 aromatic rings. The van der Waals surface area contributed by atoms with Gasteiger partial charge in [0.25, 0.3) is 0 Å². The summed E-state index contributed by atoms with van der Waals surface area (Å²) in [5, 5.41) is 6.44. The van der Waals surface area contributed by atoms with Crippen molar-refractivity contribution in [2.75, 3.05) is 11.9 Å². The van der Waals surface area contributed by atoms with Crippen LogP contribution in [0.15, 0.2) is 36.4 Å². The number of hydrogen-bond acceptors (Lipinski definition) is 2. The molecule has 6 heteroatoms. The van der Waals surface area contributed by atoms with Crippen LogP contribution in [0.5, 0.6) is 0 Å². The molecule has 23 heavy (non-hydrogen) atoms. The standard InChI is InChI=1S/C17H17Cl2FN2O/c1-10-7-8-13(18)17(16(10)19)22-15(23)9-21-11(2)12-5-3-4-6-14(12)20/h3-8,11,21H,9H2,1-2H3,(H,22,23). The lowest BCUT2D eigenvalue weighted by Crippen LogP contribution is -2.30. The molecule has 122 valence electrons. The Hall–Kier alpha value is -1.62. The van der Waals surface area contributed by atoms with Crippen molar-refractivity contribution in [3.05, 3.63) is 63.4 Å². The van der Waals surface area contributed by atoms with Crippen molar-refractivity contribution in [2.45, 2.75) is 19.9 Å². The third-order valence-electron chi connectivity index (χ3n) is 3.49. The highest BCUT2D eigenvalue weighted by atomic mass is 35.5. The van der Waals surface area contributed by atoms with Gasteiger partial charge in [0.2, 0.25) is 5.91 Å². The first-order valence-corrected chi connectivity index (χ1v) is 7.88. The minimum absolute atomic E-state index is 0.0100. The van der Waals surface area contributed by atoms with Crippen LogP contribution in [0, 0.1) is 12.7 Å². The molecule has 0 saturated carbocycles. The summed E-state index contributed by atoms with van der Waals surface area (Å²) in [5.41, 5.74) is 1.71. The van der Waals surface area contributed by atoms with Crippen LogP contribution in [0.2, 0.25) is 10.0 Å². The third kappa shape index (κ3) is 4.44. The first-order valence-electron chi connectivity index (χ1n) is 7.12. The maximum Gasteiger partial charge on any atom is 0.238 e. The normalized spacial score (nSPS) is 12.0. The predicted octanol–water partition coefficient (Wildman–Crippen LogP) is 4.73. The van der Waals surface area contributed by atoms with Crippen LogP contribution < -0.4 is 10.6 Å². The van der Waals surface area contributed by atoms with Crippen molar-refractivity contribution in [2.24, 2.45) is 0 Å². The Morgan fingerprint density at radius 2 is 1.91 bits per heavy atom. The van der Waals surface area contributed by atoms with E-state index in [0.29, 0.717) is 21.3 Å². The van der Waals surface area contributed by atoms with Gasteiger partial charge in [-0.2, -0.15) is 0 Å². The van der Waals surface area contributed by atoms with Crippen molar-refractivity contribution >= 4 is 34.8 Å². The van der Waals surface area contributed by atoms with Crippen molar-refractivity contribution in [3.63, 3.8) is 0 Å². The van der Waals surface area contributed by atoms with Gasteiger partial charge in [0.05, 0.1) is 22.3 Å². The number of carbonyl (C=O) groups is 1. The fourth-order valence-corrected chi connectivity index (χ4v) is 2.60. The molecular formula is C17H17Cl2FN2O. The van der Waals surface area contributed by atoms with Crippen molar-refractivity contribution in [1.29, 1.82) is 0 Å². The highest BCUT2D eigenvalue weighted by Crippen LogP contribution is 2.32. The monoisotopic (exact) mass is 354 g/mol. The number of hydrogen-bond donors (Lipinski definition) is 2. The molecule has 0 fully saturated rings. The zero-order valence-corrected chi connectivity index (χ0v) is 14.3. The maximum atomic E-state index is 13.7. The van der Waals surface area contributed by atoms with E-state index in [4.69, 9.17) is 23.2 Å². The quantitative estimate of drug-likeness (QED) is 0.814. The van der Waals surface area contributed by atoms with Gasteiger partial charge in [0.1, 0.15) is 5.82 Å². The maximum absolute atomic E-state index is 13.7. The van der Waals surface area contributed by atoms with Crippen LogP contribution >= 0.6 is 23.2 Å². The molecule has 0 aliphatic carbocycles. The third-order valence-corrected chi connectivity index (χ3v) is 4.29. The van der Waals surface area contributed by atoms with Gasteiger partial charge in [-0.15, -0.1) is 0 Å². The Labute approximate surface area is 144 Å². The van der Waals surface area contributed by atoms with E-state index in [1.54, 1.807) is 37.3 Å². The summed E-state index contributed by atoms with van der Waals surface area (Å²) in [7, 11) is 0. The molecular weight excluding hydrogens is 338 g/mol. The van der Waals surface area contributed by atoms with Gasteiger partial charge >= 0.3 is 0 Å². The number of nitrogens with one attached hydrogen (secondary N) is 2. The lowest BCUT2D eigenvalue weighted by Gasteiger charge is -2.16.